The van der Waals surface area contributed by atoms with E-state index in [1.54, 1.807) is 20.8 Å². The van der Waals surface area contributed by atoms with Gasteiger partial charge in [0.15, 0.2) is 0 Å². The summed E-state index contributed by atoms with van der Waals surface area (Å²) in [5.41, 5.74) is -1.33. The number of halogens is 1. The molecule has 0 saturated carbocycles. The van der Waals surface area contributed by atoms with Crippen LogP contribution in [0.3, 0.4) is 0 Å². The molecule has 2 rings (SSSR count). The molecule has 25 heavy (non-hydrogen) atoms. The number of benzene rings is 1. The van der Waals surface area contributed by atoms with Gasteiger partial charge in [-0.1, -0.05) is 13.0 Å². The summed E-state index contributed by atoms with van der Waals surface area (Å²) in [7, 11) is 0. The number of carbonyl (C=O) groups is 1. The van der Waals surface area contributed by atoms with Crippen molar-refractivity contribution >= 4 is 5.91 Å². The highest BCUT2D eigenvalue weighted by molar-refractivity contribution is 5.91. The van der Waals surface area contributed by atoms with E-state index in [9.17, 15) is 18.8 Å². The zero-order valence-corrected chi connectivity index (χ0v) is 14.7. The highest BCUT2D eigenvalue weighted by Crippen LogP contribution is 2.11. The predicted molar refractivity (Wildman–Crippen MR) is 91.7 cm³/mol. The summed E-state index contributed by atoms with van der Waals surface area (Å²) in [6.07, 6.45) is 0.677. The van der Waals surface area contributed by atoms with E-state index in [2.05, 4.69) is 10.4 Å². The van der Waals surface area contributed by atoms with Crippen LogP contribution in [0, 0.1) is 12.7 Å². The summed E-state index contributed by atoms with van der Waals surface area (Å²) in [6.45, 7) is 6.95. The van der Waals surface area contributed by atoms with E-state index in [1.165, 1.54) is 12.1 Å². The smallest absolute Gasteiger partial charge is 0.348 e. The second kappa shape index (κ2) is 7.42. The van der Waals surface area contributed by atoms with Crippen molar-refractivity contribution in [1.29, 1.82) is 0 Å². The molecule has 1 N–H and O–H groups in total. The van der Waals surface area contributed by atoms with Crippen molar-refractivity contribution in [2.24, 2.45) is 0 Å². The maximum absolute atomic E-state index is 13.8. The molecule has 8 heteroatoms. The molecule has 1 aromatic heterocycles. The monoisotopic (exact) mass is 348 g/mol. The fourth-order valence-corrected chi connectivity index (χ4v) is 2.21. The Hall–Kier alpha value is -2.77. The molecule has 0 spiro atoms. The van der Waals surface area contributed by atoms with Gasteiger partial charge in [-0.25, -0.2) is 9.18 Å². The number of nitrogens with zero attached hydrogens (tertiary/aromatic N) is 3. The van der Waals surface area contributed by atoms with Gasteiger partial charge < -0.3 is 5.32 Å². The summed E-state index contributed by atoms with van der Waals surface area (Å²) in [5, 5.41) is 6.55. The number of aromatic nitrogens is 3. The molecule has 0 radical (unpaired) electrons. The zero-order chi connectivity index (χ0) is 18.7. The standard InChI is InChI=1S/C17H21FN4O3/c1-5-11(4)19-15(23)14-16(24)21(6-2)17(25)22(20-14)12-8-7-10(3)13(18)9-12/h7-9,11H,5-6H2,1-4H3,(H,19,23). The Kier molecular flexibility index (Phi) is 5.51. The minimum absolute atomic E-state index is 0.0676. The molecule has 2 aromatic rings. The van der Waals surface area contributed by atoms with Crippen LogP contribution < -0.4 is 16.6 Å². The van der Waals surface area contributed by atoms with Crippen LogP contribution in [0.15, 0.2) is 27.8 Å². The molecule has 7 nitrogen and oxygen atoms in total. The number of hydrogen-bond acceptors (Lipinski definition) is 4. The Morgan fingerprint density at radius 1 is 1.32 bits per heavy atom. The lowest BCUT2D eigenvalue weighted by Gasteiger charge is -2.13. The van der Waals surface area contributed by atoms with E-state index in [0.29, 0.717) is 12.0 Å². The van der Waals surface area contributed by atoms with Crippen molar-refractivity contribution < 1.29 is 9.18 Å². The molecule has 134 valence electrons. The van der Waals surface area contributed by atoms with Crippen molar-refractivity contribution in [2.45, 2.75) is 46.7 Å². The molecule has 1 aromatic carbocycles. The Balaban J connectivity index is 2.67. The van der Waals surface area contributed by atoms with Crippen LogP contribution in [0.5, 0.6) is 0 Å². The lowest BCUT2D eigenvalue weighted by molar-refractivity contribution is 0.0929. The first kappa shape index (κ1) is 18.6. The summed E-state index contributed by atoms with van der Waals surface area (Å²) in [5.74, 6) is -1.17. The molecule has 0 aliphatic rings. The summed E-state index contributed by atoms with van der Waals surface area (Å²) in [6, 6.07) is 4.00. The van der Waals surface area contributed by atoms with Gasteiger partial charge in [0.2, 0.25) is 5.69 Å². The highest BCUT2D eigenvalue weighted by Gasteiger charge is 2.20. The topological polar surface area (TPSA) is 86.0 Å². The van der Waals surface area contributed by atoms with Gasteiger partial charge in [0.25, 0.3) is 11.5 Å². The first-order valence-corrected chi connectivity index (χ1v) is 8.11. The number of amides is 1. The number of rotatable bonds is 5. The first-order valence-electron chi connectivity index (χ1n) is 8.11. The van der Waals surface area contributed by atoms with Crippen LogP contribution >= 0.6 is 0 Å². The van der Waals surface area contributed by atoms with Crippen LogP contribution in [-0.4, -0.2) is 26.3 Å². The Labute approximate surface area is 144 Å². The Morgan fingerprint density at radius 3 is 2.56 bits per heavy atom. The Bertz CT molecular complexity index is 917. The average molecular weight is 348 g/mol. The third-order valence-corrected chi connectivity index (χ3v) is 3.98. The normalized spacial score (nSPS) is 12.0. The molecule has 0 aliphatic heterocycles. The molecule has 1 unspecified atom stereocenters. The second-order valence-corrected chi connectivity index (χ2v) is 5.81. The van der Waals surface area contributed by atoms with Crippen molar-refractivity contribution in [1.82, 2.24) is 19.7 Å². The van der Waals surface area contributed by atoms with Crippen molar-refractivity contribution in [2.75, 3.05) is 0 Å². The molecule has 1 heterocycles. The van der Waals surface area contributed by atoms with Crippen molar-refractivity contribution in [3.05, 3.63) is 56.1 Å². The second-order valence-electron chi connectivity index (χ2n) is 5.81. The van der Waals surface area contributed by atoms with Gasteiger partial charge in [0.05, 0.1) is 5.69 Å². The molecule has 1 amide bonds. The van der Waals surface area contributed by atoms with Crippen LogP contribution in [-0.2, 0) is 6.54 Å². The lowest BCUT2D eigenvalue weighted by Crippen LogP contribution is -2.46. The fraction of sp³-hybridized carbons (Fsp3) is 0.412. The highest BCUT2D eigenvalue weighted by atomic mass is 19.1. The number of nitrogens with one attached hydrogen (secondary N) is 1. The number of hydrogen-bond donors (Lipinski definition) is 1. The lowest BCUT2D eigenvalue weighted by atomic mass is 10.2. The SMILES string of the molecule is CCC(C)NC(=O)c1nn(-c2ccc(C)c(F)c2)c(=O)n(CC)c1=O. The third kappa shape index (κ3) is 3.67. The third-order valence-electron chi connectivity index (χ3n) is 3.98. The molecule has 0 aliphatic carbocycles. The number of aryl methyl sites for hydroxylation is 1. The quantitative estimate of drug-likeness (QED) is 0.885. The molecule has 0 bridgehead atoms. The molecule has 0 saturated heterocycles. The van der Waals surface area contributed by atoms with Crippen LogP contribution in [0.25, 0.3) is 5.69 Å². The van der Waals surface area contributed by atoms with Gasteiger partial charge in [-0.3, -0.25) is 14.2 Å². The van der Waals surface area contributed by atoms with Crippen LogP contribution in [0.2, 0.25) is 0 Å². The van der Waals surface area contributed by atoms with Crippen molar-refractivity contribution in [3.63, 3.8) is 0 Å². The van der Waals surface area contributed by atoms with Crippen molar-refractivity contribution in [3.8, 4) is 5.69 Å². The van der Waals surface area contributed by atoms with Gasteiger partial charge in [-0.05, 0) is 38.8 Å². The van der Waals surface area contributed by atoms with E-state index in [4.69, 9.17) is 0 Å². The van der Waals surface area contributed by atoms with Gasteiger partial charge in [-0.15, -0.1) is 0 Å². The molecular formula is C17H21FN4O3. The largest absolute Gasteiger partial charge is 0.352 e. The molecular weight excluding hydrogens is 327 g/mol. The fourth-order valence-electron chi connectivity index (χ4n) is 2.21. The van der Waals surface area contributed by atoms with Crippen LogP contribution in [0.4, 0.5) is 4.39 Å². The van der Waals surface area contributed by atoms with E-state index in [-0.39, 0.29) is 18.3 Å². The van der Waals surface area contributed by atoms with Gasteiger partial charge in [0, 0.05) is 18.7 Å². The van der Waals surface area contributed by atoms with E-state index in [1.807, 2.05) is 6.92 Å². The zero-order valence-electron chi connectivity index (χ0n) is 14.7. The average Bonchev–Trinajstić information content (AvgIpc) is 2.58. The van der Waals surface area contributed by atoms with Gasteiger partial charge in [0.1, 0.15) is 5.82 Å². The number of carbonyl (C=O) groups excluding carboxylic acids is 1. The van der Waals surface area contributed by atoms with Crippen LogP contribution in [0.1, 0.15) is 43.2 Å². The predicted octanol–water partition coefficient (Wildman–Crippen LogP) is 1.39. The minimum Gasteiger partial charge on any atom is -0.348 e. The Morgan fingerprint density at radius 2 is 2.00 bits per heavy atom. The summed E-state index contributed by atoms with van der Waals surface area (Å²) < 4.78 is 15.6. The molecule has 0 fully saturated rings. The minimum atomic E-state index is -0.767. The van der Waals surface area contributed by atoms with E-state index in [0.717, 1.165) is 15.3 Å². The van der Waals surface area contributed by atoms with Gasteiger partial charge >= 0.3 is 5.69 Å². The summed E-state index contributed by atoms with van der Waals surface area (Å²) in [4.78, 5) is 37.2. The maximum Gasteiger partial charge on any atom is 0.352 e. The van der Waals surface area contributed by atoms with E-state index < -0.39 is 28.7 Å². The summed E-state index contributed by atoms with van der Waals surface area (Å²) >= 11 is 0. The maximum atomic E-state index is 13.8. The van der Waals surface area contributed by atoms with E-state index >= 15 is 0 Å². The first-order chi connectivity index (χ1) is 11.8. The molecule has 1 atom stereocenters. The van der Waals surface area contributed by atoms with Gasteiger partial charge in [-0.2, -0.15) is 9.78 Å².